The van der Waals surface area contributed by atoms with Gasteiger partial charge in [-0.1, -0.05) is 0 Å². The zero-order chi connectivity index (χ0) is 13.8. The summed E-state index contributed by atoms with van der Waals surface area (Å²) < 4.78 is 0. The maximum atomic E-state index is 12.3. The highest BCUT2D eigenvalue weighted by Gasteiger charge is 2.22. The summed E-state index contributed by atoms with van der Waals surface area (Å²) in [7, 11) is 0. The van der Waals surface area contributed by atoms with Crippen molar-refractivity contribution in [3.05, 3.63) is 52.5 Å². The van der Waals surface area contributed by atoms with Crippen LogP contribution in [0.1, 0.15) is 15.9 Å². The minimum Gasteiger partial charge on any atom is -0.336 e. The van der Waals surface area contributed by atoms with E-state index in [1.54, 1.807) is 29.8 Å². The fourth-order valence-electron chi connectivity index (χ4n) is 2.42. The molecule has 5 heteroatoms. The molecule has 4 nitrogen and oxygen atoms in total. The van der Waals surface area contributed by atoms with Crippen LogP contribution in [0.3, 0.4) is 0 Å². The Hall–Kier alpha value is -1.72. The van der Waals surface area contributed by atoms with Gasteiger partial charge in [-0.15, -0.1) is 0 Å². The Morgan fingerprint density at radius 1 is 1.25 bits per heavy atom. The number of thiophene rings is 1. The largest absolute Gasteiger partial charge is 0.336 e. The molecule has 2 aromatic heterocycles. The molecular weight excluding hydrogens is 270 g/mol. The van der Waals surface area contributed by atoms with Gasteiger partial charge in [-0.3, -0.25) is 14.7 Å². The maximum absolute atomic E-state index is 12.3. The van der Waals surface area contributed by atoms with Crippen molar-refractivity contribution in [1.29, 1.82) is 0 Å². The van der Waals surface area contributed by atoms with Crippen LogP contribution in [-0.4, -0.2) is 46.9 Å². The molecule has 1 saturated heterocycles. The lowest BCUT2D eigenvalue weighted by Crippen LogP contribution is -2.48. The zero-order valence-corrected chi connectivity index (χ0v) is 12.1. The molecule has 104 valence electrons. The second kappa shape index (κ2) is 6.15. The van der Waals surface area contributed by atoms with Gasteiger partial charge in [-0.05, 0) is 34.5 Å². The van der Waals surface area contributed by atoms with Gasteiger partial charge < -0.3 is 4.90 Å². The van der Waals surface area contributed by atoms with Gasteiger partial charge in [0.25, 0.3) is 5.91 Å². The van der Waals surface area contributed by atoms with Crippen LogP contribution in [0, 0.1) is 0 Å². The van der Waals surface area contributed by atoms with E-state index in [0.29, 0.717) is 5.56 Å². The number of carbonyl (C=O) groups excluding carboxylic acids is 1. The van der Waals surface area contributed by atoms with Crippen molar-refractivity contribution >= 4 is 17.2 Å². The third kappa shape index (κ3) is 3.05. The van der Waals surface area contributed by atoms with Crippen LogP contribution in [-0.2, 0) is 6.54 Å². The Kier molecular flexibility index (Phi) is 4.08. The first-order valence-electron chi connectivity index (χ1n) is 6.75. The second-order valence-electron chi connectivity index (χ2n) is 4.94. The quantitative estimate of drug-likeness (QED) is 0.867. The Labute approximate surface area is 122 Å². The van der Waals surface area contributed by atoms with E-state index in [1.807, 2.05) is 11.0 Å². The number of amides is 1. The summed E-state index contributed by atoms with van der Waals surface area (Å²) in [5.74, 6) is 0.0910. The molecule has 0 radical (unpaired) electrons. The third-order valence-electron chi connectivity index (χ3n) is 3.55. The van der Waals surface area contributed by atoms with Crippen molar-refractivity contribution < 1.29 is 4.79 Å². The average molecular weight is 287 g/mol. The van der Waals surface area contributed by atoms with E-state index in [1.165, 1.54) is 5.56 Å². The van der Waals surface area contributed by atoms with E-state index < -0.39 is 0 Å². The summed E-state index contributed by atoms with van der Waals surface area (Å²) in [5, 5.41) is 4.30. The molecule has 3 rings (SSSR count). The van der Waals surface area contributed by atoms with Gasteiger partial charge in [0.1, 0.15) is 0 Å². The van der Waals surface area contributed by atoms with Crippen molar-refractivity contribution in [2.24, 2.45) is 0 Å². The van der Waals surface area contributed by atoms with Crippen molar-refractivity contribution in [3.8, 4) is 0 Å². The molecule has 20 heavy (non-hydrogen) atoms. The van der Waals surface area contributed by atoms with Gasteiger partial charge in [0, 0.05) is 45.1 Å². The topological polar surface area (TPSA) is 36.4 Å². The molecule has 0 spiro atoms. The molecule has 2 aromatic rings. The summed E-state index contributed by atoms with van der Waals surface area (Å²) in [6.07, 6.45) is 3.33. The molecule has 0 N–H and O–H groups in total. The molecule has 0 atom stereocenters. The molecule has 1 aliphatic rings. The lowest BCUT2D eigenvalue weighted by Gasteiger charge is -2.34. The Balaban J connectivity index is 1.55. The smallest absolute Gasteiger partial charge is 0.255 e. The van der Waals surface area contributed by atoms with Gasteiger partial charge in [0.15, 0.2) is 0 Å². The molecule has 1 amide bonds. The Morgan fingerprint density at radius 3 is 2.75 bits per heavy atom. The zero-order valence-electron chi connectivity index (χ0n) is 11.2. The number of piperazine rings is 1. The van der Waals surface area contributed by atoms with Gasteiger partial charge >= 0.3 is 0 Å². The fourth-order valence-corrected chi connectivity index (χ4v) is 3.08. The standard InChI is InChI=1S/C15H17N3OS/c19-15(14-2-1-4-16-10-14)18-7-5-17(6-8-18)11-13-3-9-20-12-13/h1-4,9-10,12H,5-8,11H2. The third-order valence-corrected chi connectivity index (χ3v) is 4.29. The first kappa shape index (κ1) is 13.3. The number of carbonyl (C=O) groups is 1. The van der Waals surface area contributed by atoms with Crippen LogP contribution in [0.15, 0.2) is 41.4 Å². The van der Waals surface area contributed by atoms with Crippen molar-refractivity contribution in [2.75, 3.05) is 26.2 Å². The summed E-state index contributed by atoms with van der Waals surface area (Å²) in [4.78, 5) is 20.6. The molecular formula is C15H17N3OS. The average Bonchev–Trinajstić information content (AvgIpc) is 3.01. The molecule has 0 bridgehead atoms. The van der Waals surface area contributed by atoms with E-state index in [2.05, 4.69) is 26.7 Å². The van der Waals surface area contributed by atoms with Gasteiger partial charge in [0.05, 0.1) is 5.56 Å². The predicted molar refractivity (Wildman–Crippen MR) is 79.7 cm³/mol. The SMILES string of the molecule is O=C(c1cccnc1)N1CCN(Cc2ccsc2)CC1. The Bertz CT molecular complexity index is 548. The minimum atomic E-state index is 0.0910. The number of aromatic nitrogens is 1. The van der Waals surface area contributed by atoms with Crippen LogP contribution >= 0.6 is 11.3 Å². The van der Waals surface area contributed by atoms with Crippen molar-refractivity contribution in [1.82, 2.24) is 14.8 Å². The first-order chi connectivity index (χ1) is 9.83. The molecule has 0 unspecified atom stereocenters. The first-order valence-corrected chi connectivity index (χ1v) is 7.70. The predicted octanol–water partition coefficient (Wildman–Crippen LogP) is 2.10. The van der Waals surface area contributed by atoms with Gasteiger partial charge in [-0.2, -0.15) is 11.3 Å². The minimum absolute atomic E-state index is 0.0910. The fraction of sp³-hybridized carbons (Fsp3) is 0.333. The van der Waals surface area contributed by atoms with E-state index >= 15 is 0 Å². The highest BCUT2D eigenvalue weighted by atomic mass is 32.1. The van der Waals surface area contributed by atoms with E-state index in [9.17, 15) is 4.79 Å². The molecule has 3 heterocycles. The number of hydrogen-bond acceptors (Lipinski definition) is 4. The normalized spacial score (nSPS) is 16.3. The van der Waals surface area contributed by atoms with Crippen LogP contribution in [0.25, 0.3) is 0 Å². The molecule has 0 aromatic carbocycles. The van der Waals surface area contributed by atoms with E-state index in [0.717, 1.165) is 32.7 Å². The highest BCUT2D eigenvalue weighted by molar-refractivity contribution is 7.07. The number of rotatable bonds is 3. The summed E-state index contributed by atoms with van der Waals surface area (Å²) >= 11 is 1.73. The molecule has 0 aliphatic carbocycles. The number of nitrogens with zero attached hydrogens (tertiary/aromatic N) is 3. The molecule has 1 aliphatic heterocycles. The van der Waals surface area contributed by atoms with E-state index in [-0.39, 0.29) is 5.91 Å². The van der Waals surface area contributed by atoms with Crippen molar-refractivity contribution in [3.63, 3.8) is 0 Å². The van der Waals surface area contributed by atoms with Crippen LogP contribution in [0.2, 0.25) is 0 Å². The number of pyridine rings is 1. The summed E-state index contributed by atoms with van der Waals surface area (Å²) in [6.45, 7) is 4.43. The lowest BCUT2D eigenvalue weighted by molar-refractivity contribution is 0.0628. The Morgan fingerprint density at radius 2 is 2.10 bits per heavy atom. The lowest BCUT2D eigenvalue weighted by atomic mass is 10.2. The van der Waals surface area contributed by atoms with E-state index in [4.69, 9.17) is 0 Å². The summed E-state index contributed by atoms with van der Waals surface area (Å²) in [5.41, 5.74) is 2.04. The van der Waals surface area contributed by atoms with Crippen LogP contribution in [0.4, 0.5) is 0 Å². The van der Waals surface area contributed by atoms with Crippen LogP contribution in [0.5, 0.6) is 0 Å². The maximum Gasteiger partial charge on any atom is 0.255 e. The van der Waals surface area contributed by atoms with Gasteiger partial charge in [-0.25, -0.2) is 0 Å². The second-order valence-corrected chi connectivity index (χ2v) is 5.72. The highest BCUT2D eigenvalue weighted by Crippen LogP contribution is 2.13. The molecule has 0 saturated carbocycles. The van der Waals surface area contributed by atoms with Crippen LogP contribution < -0.4 is 0 Å². The van der Waals surface area contributed by atoms with Crippen molar-refractivity contribution in [2.45, 2.75) is 6.54 Å². The van der Waals surface area contributed by atoms with Gasteiger partial charge in [0.2, 0.25) is 0 Å². The molecule has 1 fully saturated rings. The number of hydrogen-bond donors (Lipinski definition) is 0. The monoisotopic (exact) mass is 287 g/mol. The summed E-state index contributed by atoms with van der Waals surface area (Å²) in [6, 6.07) is 5.80.